The van der Waals surface area contributed by atoms with Gasteiger partial charge in [-0.05, 0) is 21.6 Å². The molecule has 0 N–H and O–H groups in total. The summed E-state index contributed by atoms with van der Waals surface area (Å²) < 4.78 is 4.97. The number of benzene rings is 1. The van der Waals surface area contributed by atoms with Crippen LogP contribution in [0.1, 0.15) is 23.0 Å². The first-order valence-electron chi connectivity index (χ1n) is 7.21. The van der Waals surface area contributed by atoms with Crippen LogP contribution in [0.3, 0.4) is 0 Å². The fourth-order valence-electron chi connectivity index (χ4n) is 4.32. The Hall–Kier alpha value is -2.42. The molecule has 102 valence electrons. The van der Waals surface area contributed by atoms with Gasteiger partial charge in [0.15, 0.2) is 0 Å². The van der Waals surface area contributed by atoms with Crippen LogP contribution in [0.25, 0.3) is 12.2 Å². The lowest BCUT2D eigenvalue weighted by molar-refractivity contribution is -0.153. The van der Waals surface area contributed by atoms with Crippen molar-refractivity contribution in [2.75, 3.05) is 0 Å². The van der Waals surface area contributed by atoms with Crippen molar-refractivity contribution in [2.24, 2.45) is 11.8 Å². The summed E-state index contributed by atoms with van der Waals surface area (Å²) in [6, 6.07) is 4.19. The van der Waals surface area contributed by atoms with Crippen molar-refractivity contribution in [3.05, 3.63) is 58.0 Å². The zero-order chi connectivity index (χ0) is 14.1. The van der Waals surface area contributed by atoms with Gasteiger partial charge in [-0.25, -0.2) is 0 Å². The van der Waals surface area contributed by atoms with E-state index in [1.807, 2.05) is 24.3 Å². The maximum absolute atomic E-state index is 12.2. The lowest BCUT2D eigenvalue weighted by Gasteiger charge is -2.37. The summed E-state index contributed by atoms with van der Waals surface area (Å²) in [5.74, 6) is -1.58. The van der Waals surface area contributed by atoms with Crippen LogP contribution in [-0.4, -0.2) is 11.9 Å². The molecule has 0 aromatic heterocycles. The third kappa shape index (κ3) is 1.24. The molecule has 0 saturated carbocycles. The number of esters is 2. The van der Waals surface area contributed by atoms with Gasteiger partial charge in [0.2, 0.25) is 0 Å². The SMILES string of the molecule is O=C1OC(=O)C2C3C=CC=c4ccc5c(c43)C(C=CC=5)C12. The minimum Gasteiger partial charge on any atom is -0.393 e. The van der Waals surface area contributed by atoms with E-state index in [9.17, 15) is 9.59 Å². The first kappa shape index (κ1) is 11.3. The minimum atomic E-state index is -0.378. The Kier molecular flexibility index (Phi) is 1.94. The van der Waals surface area contributed by atoms with Gasteiger partial charge in [-0.2, -0.15) is 0 Å². The Morgan fingerprint density at radius 3 is 1.71 bits per heavy atom. The molecule has 0 amide bonds. The largest absolute Gasteiger partial charge is 0.393 e. The van der Waals surface area contributed by atoms with Crippen LogP contribution in [0.2, 0.25) is 0 Å². The molecule has 0 radical (unpaired) electrons. The number of ether oxygens (including phenoxy) is 1. The van der Waals surface area contributed by atoms with Crippen molar-refractivity contribution in [2.45, 2.75) is 11.8 Å². The van der Waals surface area contributed by atoms with Crippen molar-refractivity contribution in [3.63, 3.8) is 0 Å². The smallest absolute Gasteiger partial charge is 0.318 e. The fourth-order valence-corrected chi connectivity index (χ4v) is 4.32. The molecule has 1 saturated heterocycles. The molecular weight excluding hydrogens is 264 g/mol. The van der Waals surface area contributed by atoms with Crippen LogP contribution in [0.5, 0.6) is 0 Å². The van der Waals surface area contributed by atoms with Gasteiger partial charge < -0.3 is 4.74 Å². The van der Waals surface area contributed by atoms with E-state index in [1.54, 1.807) is 0 Å². The van der Waals surface area contributed by atoms with Crippen molar-refractivity contribution < 1.29 is 14.3 Å². The zero-order valence-corrected chi connectivity index (χ0v) is 11.2. The van der Waals surface area contributed by atoms with Crippen LogP contribution in [-0.2, 0) is 14.3 Å². The maximum atomic E-state index is 12.2. The third-order valence-electron chi connectivity index (χ3n) is 5.12. The predicted molar refractivity (Wildman–Crippen MR) is 76.5 cm³/mol. The van der Waals surface area contributed by atoms with Gasteiger partial charge in [-0.3, -0.25) is 9.59 Å². The first-order valence-corrected chi connectivity index (χ1v) is 7.21. The minimum absolute atomic E-state index is 0.0416. The third-order valence-corrected chi connectivity index (χ3v) is 5.12. The Labute approximate surface area is 120 Å². The van der Waals surface area contributed by atoms with Gasteiger partial charge in [0, 0.05) is 11.8 Å². The summed E-state index contributed by atoms with van der Waals surface area (Å²) in [6.07, 6.45) is 12.2. The number of allylic oxidation sites excluding steroid dienone is 4. The van der Waals surface area contributed by atoms with E-state index in [2.05, 4.69) is 24.3 Å². The molecule has 1 aromatic rings. The van der Waals surface area contributed by atoms with E-state index in [4.69, 9.17) is 4.74 Å². The molecule has 4 unspecified atom stereocenters. The normalized spacial score (nSPS) is 33.7. The molecule has 0 spiro atoms. The quantitative estimate of drug-likeness (QED) is 0.522. The molecule has 1 heterocycles. The van der Waals surface area contributed by atoms with Crippen molar-refractivity contribution in [3.8, 4) is 0 Å². The first-order chi connectivity index (χ1) is 10.3. The molecule has 21 heavy (non-hydrogen) atoms. The second kappa shape index (κ2) is 3.61. The van der Waals surface area contributed by atoms with E-state index >= 15 is 0 Å². The molecule has 4 atom stereocenters. The van der Waals surface area contributed by atoms with Crippen LogP contribution in [0.4, 0.5) is 0 Å². The summed E-state index contributed by atoms with van der Waals surface area (Å²) in [5.41, 5.74) is 2.40. The average molecular weight is 276 g/mol. The maximum Gasteiger partial charge on any atom is 0.318 e. The van der Waals surface area contributed by atoms with Crippen LogP contribution < -0.4 is 10.4 Å². The number of hydrogen-bond donors (Lipinski definition) is 0. The van der Waals surface area contributed by atoms with Crippen molar-refractivity contribution in [1.29, 1.82) is 0 Å². The molecule has 5 rings (SSSR count). The van der Waals surface area contributed by atoms with Gasteiger partial charge in [-0.1, -0.05) is 48.6 Å². The molecule has 0 bridgehead atoms. The average Bonchev–Trinajstić information content (AvgIpc) is 2.81. The summed E-state index contributed by atoms with van der Waals surface area (Å²) >= 11 is 0. The Morgan fingerprint density at radius 2 is 1.24 bits per heavy atom. The van der Waals surface area contributed by atoms with Gasteiger partial charge in [0.25, 0.3) is 0 Å². The molecule has 3 heteroatoms. The van der Waals surface area contributed by atoms with Crippen LogP contribution in [0, 0.1) is 11.8 Å². The van der Waals surface area contributed by atoms with Gasteiger partial charge >= 0.3 is 11.9 Å². The van der Waals surface area contributed by atoms with Crippen molar-refractivity contribution >= 4 is 24.1 Å². The monoisotopic (exact) mass is 276 g/mol. The molecule has 4 aliphatic rings. The highest BCUT2D eigenvalue weighted by Crippen LogP contribution is 2.50. The van der Waals surface area contributed by atoms with E-state index in [0.717, 1.165) is 10.4 Å². The number of fused-ring (bicyclic) bond motifs is 3. The molecular formula is C18H12O3. The molecule has 3 aliphatic carbocycles. The summed E-state index contributed by atoms with van der Waals surface area (Å²) in [6.45, 7) is 0. The molecule has 1 aromatic carbocycles. The summed E-state index contributed by atoms with van der Waals surface area (Å²) in [4.78, 5) is 24.4. The Balaban J connectivity index is 1.92. The lowest BCUT2D eigenvalue weighted by atomic mass is 9.62. The number of carbonyl (C=O) groups is 2. The number of hydrogen-bond acceptors (Lipinski definition) is 3. The van der Waals surface area contributed by atoms with Gasteiger partial charge in [0.1, 0.15) is 0 Å². The van der Waals surface area contributed by atoms with E-state index in [0.29, 0.717) is 0 Å². The van der Waals surface area contributed by atoms with Crippen LogP contribution >= 0.6 is 0 Å². The van der Waals surface area contributed by atoms with Gasteiger partial charge in [0.05, 0.1) is 11.8 Å². The predicted octanol–water partition coefficient (Wildman–Crippen LogP) is 0.884. The zero-order valence-electron chi connectivity index (χ0n) is 11.2. The number of cyclic esters (lactones) is 2. The number of rotatable bonds is 0. The lowest BCUT2D eigenvalue weighted by Crippen LogP contribution is -2.42. The summed E-state index contributed by atoms with van der Waals surface area (Å²) in [7, 11) is 0. The second-order valence-electron chi connectivity index (χ2n) is 6.02. The highest BCUT2D eigenvalue weighted by molar-refractivity contribution is 5.99. The van der Waals surface area contributed by atoms with E-state index in [-0.39, 0.29) is 35.6 Å². The Morgan fingerprint density at radius 1 is 0.762 bits per heavy atom. The fraction of sp³-hybridized carbons (Fsp3) is 0.222. The van der Waals surface area contributed by atoms with Gasteiger partial charge in [-0.15, -0.1) is 0 Å². The van der Waals surface area contributed by atoms with Crippen molar-refractivity contribution in [1.82, 2.24) is 0 Å². The van der Waals surface area contributed by atoms with E-state index < -0.39 is 0 Å². The second-order valence-corrected chi connectivity index (χ2v) is 6.02. The topological polar surface area (TPSA) is 43.4 Å². The van der Waals surface area contributed by atoms with E-state index in [1.165, 1.54) is 11.1 Å². The highest BCUT2D eigenvalue weighted by atomic mass is 16.6. The molecule has 3 nitrogen and oxygen atoms in total. The van der Waals surface area contributed by atoms with Crippen LogP contribution in [0.15, 0.2) is 36.4 Å². The molecule has 1 fully saturated rings. The highest BCUT2D eigenvalue weighted by Gasteiger charge is 2.55. The standard InChI is InChI=1S/C18H12O3/c19-17-15-11-5-1-3-9-7-8-10-4-2-6-12(14(10)13(9)11)16(15)18(20)21-17/h1-8,11-12,15-16H. The summed E-state index contributed by atoms with van der Waals surface area (Å²) in [5, 5.41) is 2.31. The number of carbonyl (C=O) groups excluding carboxylic acids is 2. The molecule has 1 aliphatic heterocycles. The Bertz CT molecular complexity index is 815.